The molecule has 0 saturated carbocycles. The third kappa shape index (κ3) is 4.41. The molecule has 0 saturated heterocycles. The summed E-state index contributed by atoms with van der Waals surface area (Å²) in [5.41, 5.74) is 0.128. The zero-order chi connectivity index (χ0) is 22.0. The Morgan fingerprint density at radius 3 is 2.48 bits per heavy atom. The van der Waals surface area contributed by atoms with E-state index in [1.807, 2.05) is 0 Å². The van der Waals surface area contributed by atoms with Crippen molar-refractivity contribution >= 4 is 23.2 Å². The molecular formula is C21H13ClF3N5O. The summed E-state index contributed by atoms with van der Waals surface area (Å²) in [5, 5.41) is 6.94. The highest BCUT2D eigenvalue weighted by molar-refractivity contribution is 6.34. The van der Waals surface area contributed by atoms with Gasteiger partial charge in [0.25, 0.3) is 5.91 Å². The van der Waals surface area contributed by atoms with Crippen LogP contribution in [0.15, 0.2) is 73.2 Å². The van der Waals surface area contributed by atoms with E-state index in [0.29, 0.717) is 15.9 Å². The van der Waals surface area contributed by atoms with E-state index in [1.165, 1.54) is 30.7 Å². The predicted octanol–water partition coefficient (Wildman–Crippen LogP) is 5.25. The molecular weight excluding hydrogens is 431 g/mol. The molecule has 1 N–H and O–H groups in total. The van der Waals surface area contributed by atoms with Gasteiger partial charge < -0.3 is 5.32 Å². The van der Waals surface area contributed by atoms with Gasteiger partial charge in [-0.05, 0) is 42.5 Å². The van der Waals surface area contributed by atoms with Gasteiger partial charge in [-0.3, -0.25) is 9.78 Å². The van der Waals surface area contributed by atoms with Crippen LogP contribution < -0.4 is 5.32 Å². The van der Waals surface area contributed by atoms with Crippen molar-refractivity contribution in [1.82, 2.24) is 19.7 Å². The smallest absolute Gasteiger partial charge is 0.321 e. The number of amides is 1. The minimum Gasteiger partial charge on any atom is -0.321 e. The van der Waals surface area contributed by atoms with E-state index < -0.39 is 17.8 Å². The maximum Gasteiger partial charge on any atom is 0.433 e. The lowest BCUT2D eigenvalue weighted by molar-refractivity contribution is -0.142. The van der Waals surface area contributed by atoms with Crippen molar-refractivity contribution in [3.63, 3.8) is 0 Å². The molecule has 1 aromatic carbocycles. The zero-order valence-electron chi connectivity index (χ0n) is 15.6. The van der Waals surface area contributed by atoms with Crippen LogP contribution in [0, 0.1) is 0 Å². The maximum atomic E-state index is 13.6. The number of nitrogens with zero attached hydrogens (tertiary/aromatic N) is 4. The molecule has 4 rings (SSSR count). The third-order valence-corrected chi connectivity index (χ3v) is 4.63. The Bertz CT molecular complexity index is 1220. The fourth-order valence-electron chi connectivity index (χ4n) is 2.84. The highest BCUT2D eigenvalue weighted by Gasteiger charge is 2.36. The van der Waals surface area contributed by atoms with Gasteiger partial charge in [-0.15, -0.1) is 0 Å². The van der Waals surface area contributed by atoms with Crippen molar-refractivity contribution in [2.24, 2.45) is 0 Å². The van der Waals surface area contributed by atoms with E-state index in [9.17, 15) is 18.0 Å². The summed E-state index contributed by atoms with van der Waals surface area (Å²) in [5.74, 6) is -0.521. The van der Waals surface area contributed by atoms with Gasteiger partial charge in [0.05, 0.1) is 28.2 Å². The number of hydrogen-bond acceptors (Lipinski definition) is 4. The average molecular weight is 444 g/mol. The first kappa shape index (κ1) is 20.5. The molecule has 0 aliphatic heterocycles. The number of rotatable bonds is 4. The first-order valence-corrected chi connectivity index (χ1v) is 9.31. The molecule has 156 valence electrons. The van der Waals surface area contributed by atoms with Gasteiger partial charge in [0.2, 0.25) is 0 Å². The SMILES string of the molecule is O=C(Nc1ccc(-n2nc(-c3cccnc3)cc2C(F)(F)F)nc1)c1ccccc1Cl. The van der Waals surface area contributed by atoms with Crippen LogP contribution >= 0.6 is 11.6 Å². The molecule has 3 heterocycles. The van der Waals surface area contributed by atoms with Crippen LogP contribution in [-0.4, -0.2) is 25.7 Å². The van der Waals surface area contributed by atoms with E-state index >= 15 is 0 Å². The lowest BCUT2D eigenvalue weighted by Crippen LogP contribution is -2.15. The Morgan fingerprint density at radius 2 is 1.84 bits per heavy atom. The second-order valence-electron chi connectivity index (χ2n) is 6.41. The minimum atomic E-state index is -4.65. The summed E-state index contributed by atoms with van der Waals surface area (Å²) in [6, 6.07) is 13.4. The van der Waals surface area contributed by atoms with Gasteiger partial charge in [-0.1, -0.05) is 23.7 Å². The number of anilines is 1. The summed E-state index contributed by atoms with van der Waals surface area (Å²) in [6.45, 7) is 0. The molecule has 0 fully saturated rings. The molecule has 6 nitrogen and oxygen atoms in total. The van der Waals surface area contributed by atoms with Gasteiger partial charge in [0, 0.05) is 18.0 Å². The Hall–Kier alpha value is -3.72. The summed E-state index contributed by atoms with van der Waals surface area (Å²) < 4.78 is 41.4. The van der Waals surface area contributed by atoms with Crippen molar-refractivity contribution in [2.45, 2.75) is 6.18 Å². The van der Waals surface area contributed by atoms with Crippen LogP contribution in [0.4, 0.5) is 18.9 Å². The molecule has 10 heteroatoms. The molecule has 0 aliphatic carbocycles. The van der Waals surface area contributed by atoms with E-state index in [4.69, 9.17) is 11.6 Å². The van der Waals surface area contributed by atoms with Crippen molar-refractivity contribution in [2.75, 3.05) is 5.32 Å². The third-order valence-electron chi connectivity index (χ3n) is 4.30. The molecule has 0 bridgehead atoms. The van der Waals surface area contributed by atoms with Crippen LogP contribution in [0.1, 0.15) is 16.1 Å². The largest absolute Gasteiger partial charge is 0.433 e. The van der Waals surface area contributed by atoms with Crippen LogP contribution in [0.25, 0.3) is 17.1 Å². The van der Waals surface area contributed by atoms with Crippen LogP contribution in [0.2, 0.25) is 5.02 Å². The number of hydrogen-bond donors (Lipinski definition) is 1. The number of benzene rings is 1. The Kier molecular flexibility index (Phi) is 5.43. The molecule has 4 aromatic rings. The summed E-state index contributed by atoms with van der Waals surface area (Å²) in [6.07, 6.45) is -0.461. The molecule has 1 amide bonds. The maximum absolute atomic E-state index is 13.6. The first-order chi connectivity index (χ1) is 14.8. The summed E-state index contributed by atoms with van der Waals surface area (Å²) in [7, 11) is 0. The second-order valence-corrected chi connectivity index (χ2v) is 6.81. The van der Waals surface area contributed by atoms with Crippen molar-refractivity contribution in [3.05, 3.63) is 89.5 Å². The van der Waals surface area contributed by atoms with Crippen molar-refractivity contribution in [3.8, 4) is 17.1 Å². The van der Waals surface area contributed by atoms with Gasteiger partial charge in [0.15, 0.2) is 11.5 Å². The number of carbonyl (C=O) groups is 1. The molecule has 0 radical (unpaired) electrons. The first-order valence-electron chi connectivity index (χ1n) is 8.93. The monoisotopic (exact) mass is 443 g/mol. The van der Waals surface area contributed by atoms with E-state index in [1.54, 1.807) is 36.4 Å². The van der Waals surface area contributed by atoms with E-state index in [2.05, 4.69) is 20.4 Å². The predicted molar refractivity (Wildman–Crippen MR) is 109 cm³/mol. The molecule has 0 spiro atoms. The second kappa shape index (κ2) is 8.19. The lowest BCUT2D eigenvalue weighted by atomic mass is 10.2. The van der Waals surface area contributed by atoms with Crippen LogP contribution in [0.5, 0.6) is 0 Å². The van der Waals surface area contributed by atoms with Gasteiger partial charge in [-0.2, -0.15) is 18.3 Å². The van der Waals surface area contributed by atoms with Gasteiger partial charge in [-0.25, -0.2) is 9.67 Å². The zero-order valence-corrected chi connectivity index (χ0v) is 16.4. The number of alkyl halides is 3. The van der Waals surface area contributed by atoms with Gasteiger partial charge >= 0.3 is 6.18 Å². The highest BCUT2D eigenvalue weighted by Crippen LogP contribution is 2.33. The van der Waals surface area contributed by atoms with E-state index in [0.717, 1.165) is 6.07 Å². The average Bonchev–Trinajstić information content (AvgIpc) is 3.21. The fourth-order valence-corrected chi connectivity index (χ4v) is 3.06. The van der Waals surface area contributed by atoms with E-state index in [-0.39, 0.29) is 22.1 Å². The van der Waals surface area contributed by atoms with Gasteiger partial charge in [0.1, 0.15) is 0 Å². The number of carbonyl (C=O) groups excluding carboxylic acids is 1. The van der Waals surface area contributed by atoms with Crippen LogP contribution in [-0.2, 0) is 6.18 Å². The minimum absolute atomic E-state index is 0.0572. The van der Waals surface area contributed by atoms with Crippen molar-refractivity contribution in [1.29, 1.82) is 0 Å². The van der Waals surface area contributed by atoms with Crippen molar-refractivity contribution < 1.29 is 18.0 Å². The molecule has 31 heavy (non-hydrogen) atoms. The Balaban J connectivity index is 1.64. The topological polar surface area (TPSA) is 72.7 Å². The Labute approximate surface area is 179 Å². The standard InChI is InChI=1S/C21H13ClF3N5O/c22-16-6-2-1-5-15(16)20(31)28-14-7-8-19(27-12-14)30-18(21(23,24)25)10-17(29-30)13-4-3-9-26-11-13/h1-12H,(H,28,31). The molecule has 0 unspecified atom stereocenters. The quantitative estimate of drug-likeness (QED) is 0.467. The summed E-state index contributed by atoms with van der Waals surface area (Å²) >= 11 is 6.00. The normalized spacial score (nSPS) is 11.4. The Morgan fingerprint density at radius 1 is 1.03 bits per heavy atom. The number of aromatic nitrogens is 4. The molecule has 3 aromatic heterocycles. The fraction of sp³-hybridized carbons (Fsp3) is 0.0476. The van der Waals surface area contributed by atoms with Crippen LogP contribution in [0.3, 0.4) is 0 Å². The highest BCUT2D eigenvalue weighted by atomic mass is 35.5. The number of halogens is 4. The molecule has 0 atom stereocenters. The lowest BCUT2D eigenvalue weighted by Gasteiger charge is -2.10. The number of pyridine rings is 2. The molecule has 0 aliphatic rings. The number of nitrogens with one attached hydrogen (secondary N) is 1. The summed E-state index contributed by atoms with van der Waals surface area (Å²) in [4.78, 5) is 20.3.